The van der Waals surface area contributed by atoms with E-state index in [4.69, 9.17) is 21.1 Å². The molecule has 0 saturated carbocycles. The first kappa shape index (κ1) is 28.5. The van der Waals surface area contributed by atoms with Gasteiger partial charge in [-0.2, -0.15) is 4.31 Å². The van der Waals surface area contributed by atoms with Crippen molar-refractivity contribution in [1.29, 1.82) is 0 Å². The maximum absolute atomic E-state index is 13.7. The van der Waals surface area contributed by atoms with Crippen molar-refractivity contribution in [1.82, 2.24) is 9.21 Å². The molecule has 0 radical (unpaired) electrons. The average molecular weight is 577 g/mol. The highest BCUT2D eigenvalue weighted by atomic mass is 35.5. The molecule has 2 aromatic carbocycles. The molecule has 3 aliphatic rings. The molecule has 1 N–H and O–H groups in total. The Kier molecular flexibility index (Phi) is 9.26. The Bertz CT molecular complexity index is 1220. The quantitative estimate of drug-likeness (QED) is 0.565. The second-order valence-electron chi connectivity index (χ2n) is 10.9. The lowest BCUT2D eigenvalue weighted by Crippen LogP contribution is -2.57. The van der Waals surface area contributed by atoms with E-state index >= 15 is 0 Å². The molecule has 2 aromatic rings. The molecule has 212 valence electrons. The standard InChI is InChI=1S/C29H37ClN2O6S/c30-25-8-4-5-9-28(25)39(35,36)32-18-23(33)19-37-20-27-26(32)11-10-24(38-27)17-29(34)31-14-12-22(13-15-31)16-21-6-2-1-3-7-21/h1-9,22-24,26-27,33H,10-20H2/t23-,24+,26-,27+/m0/s1. The van der Waals surface area contributed by atoms with Crippen LogP contribution in [0.2, 0.25) is 5.02 Å². The number of piperidine rings is 1. The summed E-state index contributed by atoms with van der Waals surface area (Å²) in [6, 6.07) is 16.3. The number of hydrogen-bond donors (Lipinski definition) is 1. The van der Waals surface area contributed by atoms with Crippen LogP contribution >= 0.6 is 11.6 Å². The summed E-state index contributed by atoms with van der Waals surface area (Å²) in [6.07, 6.45) is 2.52. The molecule has 3 aliphatic heterocycles. The fraction of sp³-hybridized carbons (Fsp3) is 0.552. The van der Waals surface area contributed by atoms with Crippen LogP contribution in [-0.4, -0.2) is 85.8 Å². The second-order valence-corrected chi connectivity index (χ2v) is 13.1. The Labute approximate surface area is 235 Å². The first-order valence-corrected chi connectivity index (χ1v) is 15.6. The SMILES string of the molecule is O=C(C[C@H]1CC[C@H]2[C@@H](COC[C@@H](O)CN2S(=O)(=O)c2ccccc2Cl)O1)N1CCC(Cc2ccccc2)CC1. The predicted octanol–water partition coefficient (Wildman–Crippen LogP) is 3.51. The van der Waals surface area contributed by atoms with Crippen LogP contribution < -0.4 is 0 Å². The van der Waals surface area contributed by atoms with Crippen molar-refractivity contribution in [2.75, 3.05) is 32.8 Å². The van der Waals surface area contributed by atoms with Gasteiger partial charge in [0.05, 0.1) is 49.0 Å². The molecule has 3 heterocycles. The van der Waals surface area contributed by atoms with Gasteiger partial charge in [-0.15, -0.1) is 0 Å². The molecule has 0 spiro atoms. The van der Waals surface area contributed by atoms with Gasteiger partial charge in [0, 0.05) is 19.6 Å². The largest absolute Gasteiger partial charge is 0.389 e. The maximum Gasteiger partial charge on any atom is 0.244 e. The van der Waals surface area contributed by atoms with E-state index in [1.807, 2.05) is 11.0 Å². The summed E-state index contributed by atoms with van der Waals surface area (Å²) in [5.41, 5.74) is 1.34. The molecule has 3 saturated heterocycles. The average Bonchev–Trinajstić information content (AvgIpc) is 2.92. The van der Waals surface area contributed by atoms with E-state index in [9.17, 15) is 18.3 Å². The summed E-state index contributed by atoms with van der Waals surface area (Å²) in [7, 11) is -3.99. The van der Waals surface area contributed by atoms with Crippen LogP contribution in [0.1, 0.15) is 37.7 Å². The number of halogens is 1. The molecule has 0 aromatic heterocycles. The number of carbonyl (C=O) groups is 1. The second kappa shape index (κ2) is 12.7. The number of amides is 1. The molecule has 5 rings (SSSR count). The molecule has 10 heteroatoms. The van der Waals surface area contributed by atoms with E-state index in [0.717, 1.165) is 32.4 Å². The van der Waals surface area contributed by atoms with Crippen LogP contribution in [0.4, 0.5) is 0 Å². The third-order valence-electron chi connectivity index (χ3n) is 8.09. The zero-order valence-corrected chi connectivity index (χ0v) is 23.6. The summed E-state index contributed by atoms with van der Waals surface area (Å²) < 4.78 is 40.6. The zero-order valence-electron chi connectivity index (χ0n) is 22.0. The van der Waals surface area contributed by atoms with Crippen molar-refractivity contribution in [3.05, 3.63) is 65.2 Å². The van der Waals surface area contributed by atoms with E-state index < -0.39 is 28.3 Å². The lowest BCUT2D eigenvalue weighted by molar-refractivity contribution is -0.152. The Hall–Kier alpha value is -2.01. The van der Waals surface area contributed by atoms with Crippen molar-refractivity contribution in [3.63, 3.8) is 0 Å². The summed E-state index contributed by atoms with van der Waals surface area (Å²) >= 11 is 6.25. The third-order valence-corrected chi connectivity index (χ3v) is 10.5. The number of rotatable bonds is 6. The van der Waals surface area contributed by atoms with E-state index in [1.165, 1.54) is 15.9 Å². The number of fused-ring (bicyclic) bond motifs is 1. The zero-order chi connectivity index (χ0) is 27.4. The number of sulfonamides is 1. The van der Waals surface area contributed by atoms with Crippen molar-refractivity contribution in [3.8, 4) is 0 Å². The van der Waals surface area contributed by atoms with Gasteiger partial charge in [-0.05, 0) is 55.7 Å². The number of aliphatic hydroxyl groups is 1. The van der Waals surface area contributed by atoms with Crippen molar-refractivity contribution in [2.45, 2.75) is 67.8 Å². The van der Waals surface area contributed by atoms with Crippen LogP contribution in [0.25, 0.3) is 0 Å². The lowest BCUT2D eigenvalue weighted by atomic mass is 9.90. The van der Waals surface area contributed by atoms with E-state index in [-0.39, 0.29) is 48.1 Å². The van der Waals surface area contributed by atoms with E-state index in [2.05, 4.69) is 24.3 Å². The summed E-state index contributed by atoms with van der Waals surface area (Å²) in [5.74, 6) is 0.663. The number of carbonyl (C=O) groups excluding carboxylic acids is 1. The van der Waals surface area contributed by atoms with Crippen molar-refractivity contribution >= 4 is 27.5 Å². The number of likely N-dealkylation sites (tertiary alicyclic amines) is 1. The maximum atomic E-state index is 13.7. The highest BCUT2D eigenvalue weighted by molar-refractivity contribution is 7.89. The Balaban J connectivity index is 1.20. The fourth-order valence-electron chi connectivity index (χ4n) is 6.01. The van der Waals surface area contributed by atoms with Gasteiger partial charge >= 0.3 is 0 Å². The van der Waals surface area contributed by atoms with E-state index in [0.29, 0.717) is 18.8 Å². The monoisotopic (exact) mass is 576 g/mol. The van der Waals surface area contributed by atoms with Crippen LogP contribution in [0, 0.1) is 5.92 Å². The van der Waals surface area contributed by atoms with Crippen molar-refractivity contribution in [2.24, 2.45) is 5.92 Å². The summed E-state index contributed by atoms with van der Waals surface area (Å²) in [5, 5.41) is 10.5. The fourth-order valence-corrected chi connectivity index (χ4v) is 8.22. The molecule has 39 heavy (non-hydrogen) atoms. The smallest absolute Gasteiger partial charge is 0.244 e. The number of β-amino-alcohol motifs (C(OH)–C–C–N with tert-alkyl or cyclic N) is 1. The molecular formula is C29H37ClN2O6S. The minimum absolute atomic E-state index is 0.00262. The van der Waals surface area contributed by atoms with Gasteiger partial charge in [-0.3, -0.25) is 4.79 Å². The summed E-state index contributed by atoms with van der Waals surface area (Å²) in [6.45, 7) is 1.54. The molecule has 1 amide bonds. The Morgan fingerprint density at radius 1 is 0.974 bits per heavy atom. The molecule has 0 aliphatic carbocycles. The minimum atomic E-state index is -3.99. The topological polar surface area (TPSA) is 96.4 Å². The van der Waals surface area contributed by atoms with Crippen LogP contribution in [-0.2, 0) is 30.7 Å². The van der Waals surface area contributed by atoms with Gasteiger partial charge in [-0.1, -0.05) is 54.1 Å². The molecule has 4 atom stereocenters. The van der Waals surface area contributed by atoms with Gasteiger partial charge in [0.25, 0.3) is 0 Å². The van der Waals surface area contributed by atoms with Crippen LogP contribution in [0.5, 0.6) is 0 Å². The number of ether oxygens (including phenoxy) is 2. The number of hydrogen-bond acceptors (Lipinski definition) is 6. The molecular weight excluding hydrogens is 540 g/mol. The van der Waals surface area contributed by atoms with Crippen LogP contribution in [0.15, 0.2) is 59.5 Å². The first-order valence-electron chi connectivity index (χ1n) is 13.8. The predicted molar refractivity (Wildman–Crippen MR) is 148 cm³/mol. The van der Waals surface area contributed by atoms with Gasteiger partial charge in [-0.25, -0.2) is 8.42 Å². The first-order chi connectivity index (χ1) is 18.8. The highest BCUT2D eigenvalue weighted by Gasteiger charge is 2.44. The number of aliphatic hydroxyl groups excluding tert-OH is 1. The molecule has 0 bridgehead atoms. The van der Waals surface area contributed by atoms with Gasteiger partial charge in [0.15, 0.2) is 0 Å². The molecule has 3 fully saturated rings. The van der Waals surface area contributed by atoms with Gasteiger partial charge in [0.1, 0.15) is 4.90 Å². The third kappa shape index (κ3) is 6.84. The normalized spacial score (nSPS) is 27.4. The Morgan fingerprint density at radius 3 is 2.44 bits per heavy atom. The lowest BCUT2D eigenvalue weighted by Gasteiger charge is -2.44. The molecule has 0 unspecified atom stereocenters. The van der Waals surface area contributed by atoms with Gasteiger partial charge < -0.3 is 19.5 Å². The Morgan fingerprint density at radius 2 is 1.69 bits per heavy atom. The minimum Gasteiger partial charge on any atom is -0.389 e. The van der Waals surface area contributed by atoms with E-state index in [1.54, 1.807) is 18.2 Å². The number of nitrogens with zero attached hydrogens (tertiary/aromatic N) is 2. The van der Waals surface area contributed by atoms with Gasteiger partial charge in [0.2, 0.25) is 15.9 Å². The van der Waals surface area contributed by atoms with Crippen molar-refractivity contribution < 1.29 is 27.8 Å². The molecule has 8 nitrogen and oxygen atoms in total. The van der Waals surface area contributed by atoms with Crippen LogP contribution in [0.3, 0.4) is 0 Å². The highest BCUT2D eigenvalue weighted by Crippen LogP contribution is 2.34. The number of benzene rings is 2. The summed E-state index contributed by atoms with van der Waals surface area (Å²) in [4.78, 5) is 15.1.